The van der Waals surface area contributed by atoms with Crippen LogP contribution in [0.15, 0.2) is 53.3 Å². The van der Waals surface area contributed by atoms with Crippen LogP contribution in [0.5, 0.6) is 0 Å². The summed E-state index contributed by atoms with van der Waals surface area (Å²) in [6.45, 7) is 2.51. The highest BCUT2D eigenvalue weighted by Crippen LogP contribution is 2.10. The third-order valence-electron chi connectivity index (χ3n) is 3.56. The Bertz CT molecular complexity index is 832. The fourth-order valence-electron chi connectivity index (χ4n) is 2.34. The standard InChI is InChI=1S/C18H19N5O2/c1-13-10-17(23-25-13)22-18(24)15-11-16(21-12-20-15)19-9-5-8-14-6-3-2-4-7-14/h2-4,6-7,10-12H,5,8-9H2,1H3,(H,19,20,21)(H,22,23,24). The normalized spacial score (nSPS) is 10.4. The van der Waals surface area contributed by atoms with E-state index in [0.717, 1.165) is 19.4 Å². The molecule has 1 amide bonds. The molecule has 0 saturated carbocycles. The quantitative estimate of drug-likeness (QED) is 0.644. The summed E-state index contributed by atoms with van der Waals surface area (Å²) in [7, 11) is 0. The largest absolute Gasteiger partial charge is 0.370 e. The first-order valence-electron chi connectivity index (χ1n) is 8.05. The molecule has 2 heterocycles. The van der Waals surface area contributed by atoms with Crippen molar-refractivity contribution in [3.05, 3.63) is 65.8 Å². The smallest absolute Gasteiger partial charge is 0.275 e. The maximum absolute atomic E-state index is 12.2. The number of carbonyl (C=O) groups is 1. The Labute approximate surface area is 145 Å². The minimum absolute atomic E-state index is 0.265. The van der Waals surface area contributed by atoms with Gasteiger partial charge >= 0.3 is 0 Å². The number of hydrogen-bond donors (Lipinski definition) is 2. The van der Waals surface area contributed by atoms with Gasteiger partial charge in [-0.1, -0.05) is 35.5 Å². The van der Waals surface area contributed by atoms with E-state index >= 15 is 0 Å². The van der Waals surface area contributed by atoms with E-state index in [0.29, 0.717) is 17.4 Å². The number of amides is 1. The summed E-state index contributed by atoms with van der Waals surface area (Å²) in [6.07, 6.45) is 3.31. The zero-order valence-electron chi connectivity index (χ0n) is 13.9. The number of anilines is 2. The molecule has 0 atom stereocenters. The SMILES string of the molecule is Cc1cc(NC(=O)c2cc(NCCCc3ccccc3)ncn2)no1. The number of hydrogen-bond acceptors (Lipinski definition) is 6. The number of nitrogens with zero attached hydrogens (tertiary/aromatic N) is 3. The summed E-state index contributed by atoms with van der Waals surface area (Å²) >= 11 is 0. The molecule has 7 heteroatoms. The summed E-state index contributed by atoms with van der Waals surface area (Å²) in [5, 5.41) is 9.57. The van der Waals surface area contributed by atoms with E-state index in [1.165, 1.54) is 11.9 Å². The molecule has 25 heavy (non-hydrogen) atoms. The maximum atomic E-state index is 12.2. The Kier molecular flexibility index (Phi) is 5.36. The average Bonchev–Trinajstić information content (AvgIpc) is 3.05. The molecule has 128 valence electrons. The molecule has 0 bridgehead atoms. The Morgan fingerprint density at radius 3 is 2.72 bits per heavy atom. The highest BCUT2D eigenvalue weighted by molar-refractivity contribution is 6.02. The number of benzene rings is 1. The van der Waals surface area contributed by atoms with Gasteiger partial charge in [0.1, 0.15) is 23.6 Å². The first-order valence-corrected chi connectivity index (χ1v) is 8.05. The van der Waals surface area contributed by atoms with Gasteiger partial charge in [0, 0.05) is 18.7 Å². The lowest BCUT2D eigenvalue weighted by molar-refractivity contribution is 0.102. The topological polar surface area (TPSA) is 92.9 Å². The maximum Gasteiger partial charge on any atom is 0.275 e. The van der Waals surface area contributed by atoms with E-state index in [1.54, 1.807) is 19.1 Å². The number of aryl methyl sites for hydroxylation is 2. The molecular weight excluding hydrogens is 318 g/mol. The minimum atomic E-state index is -0.358. The van der Waals surface area contributed by atoms with Gasteiger partial charge in [0.25, 0.3) is 5.91 Å². The van der Waals surface area contributed by atoms with Gasteiger partial charge in [0.2, 0.25) is 0 Å². The molecule has 1 aromatic carbocycles. The van der Waals surface area contributed by atoms with Crippen LogP contribution in [0.4, 0.5) is 11.6 Å². The van der Waals surface area contributed by atoms with Crippen LogP contribution in [0.3, 0.4) is 0 Å². The number of aromatic nitrogens is 3. The molecular formula is C18H19N5O2. The molecule has 0 unspecified atom stereocenters. The number of nitrogens with one attached hydrogen (secondary N) is 2. The van der Waals surface area contributed by atoms with Crippen LogP contribution in [0, 0.1) is 6.92 Å². The van der Waals surface area contributed by atoms with Crippen LogP contribution in [0.25, 0.3) is 0 Å². The predicted molar refractivity (Wildman–Crippen MR) is 94.5 cm³/mol. The highest BCUT2D eigenvalue weighted by Gasteiger charge is 2.11. The second-order valence-corrected chi connectivity index (χ2v) is 5.58. The number of rotatable bonds is 7. The second kappa shape index (κ2) is 8.05. The van der Waals surface area contributed by atoms with E-state index in [9.17, 15) is 4.79 Å². The van der Waals surface area contributed by atoms with Crippen molar-refractivity contribution in [3.63, 3.8) is 0 Å². The molecule has 0 fully saturated rings. The fourth-order valence-corrected chi connectivity index (χ4v) is 2.34. The molecule has 3 rings (SSSR count). The van der Waals surface area contributed by atoms with Crippen molar-refractivity contribution < 1.29 is 9.32 Å². The van der Waals surface area contributed by atoms with Gasteiger partial charge in [0.15, 0.2) is 5.82 Å². The zero-order chi connectivity index (χ0) is 17.5. The second-order valence-electron chi connectivity index (χ2n) is 5.58. The average molecular weight is 337 g/mol. The summed E-state index contributed by atoms with van der Waals surface area (Å²) in [5.74, 6) is 1.24. The van der Waals surface area contributed by atoms with Gasteiger partial charge < -0.3 is 15.2 Å². The molecule has 0 aliphatic heterocycles. The van der Waals surface area contributed by atoms with Crippen LogP contribution >= 0.6 is 0 Å². The van der Waals surface area contributed by atoms with E-state index in [1.807, 2.05) is 18.2 Å². The Balaban J connectivity index is 1.51. The molecule has 0 aliphatic rings. The molecule has 0 spiro atoms. The van der Waals surface area contributed by atoms with Crippen LogP contribution < -0.4 is 10.6 Å². The molecule has 0 radical (unpaired) electrons. The third-order valence-corrected chi connectivity index (χ3v) is 3.56. The van der Waals surface area contributed by atoms with Crippen molar-refractivity contribution in [2.75, 3.05) is 17.2 Å². The van der Waals surface area contributed by atoms with Crippen LogP contribution in [-0.4, -0.2) is 27.6 Å². The van der Waals surface area contributed by atoms with Crippen LogP contribution in [0.1, 0.15) is 28.2 Å². The van der Waals surface area contributed by atoms with Gasteiger partial charge in [-0.15, -0.1) is 0 Å². The van der Waals surface area contributed by atoms with E-state index in [4.69, 9.17) is 4.52 Å². The van der Waals surface area contributed by atoms with Gasteiger partial charge in [-0.25, -0.2) is 9.97 Å². The van der Waals surface area contributed by atoms with Crippen molar-refractivity contribution >= 4 is 17.5 Å². The van der Waals surface area contributed by atoms with Crippen molar-refractivity contribution in [3.8, 4) is 0 Å². The Hall–Kier alpha value is -3.22. The fraction of sp³-hybridized carbons (Fsp3) is 0.222. The summed E-state index contributed by atoms with van der Waals surface area (Å²) in [6, 6.07) is 13.6. The highest BCUT2D eigenvalue weighted by atomic mass is 16.5. The Morgan fingerprint density at radius 1 is 1.12 bits per heavy atom. The first-order chi connectivity index (χ1) is 12.2. The molecule has 0 saturated heterocycles. The molecule has 3 aromatic rings. The van der Waals surface area contributed by atoms with Gasteiger partial charge in [-0.05, 0) is 25.3 Å². The van der Waals surface area contributed by atoms with Gasteiger partial charge in [0.05, 0.1) is 0 Å². The van der Waals surface area contributed by atoms with Crippen molar-refractivity contribution in [2.24, 2.45) is 0 Å². The summed E-state index contributed by atoms with van der Waals surface area (Å²) < 4.78 is 4.92. The molecule has 2 aromatic heterocycles. The lowest BCUT2D eigenvalue weighted by Crippen LogP contribution is -2.15. The molecule has 0 aliphatic carbocycles. The lowest BCUT2D eigenvalue weighted by Gasteiger charge is -2.07. The van der Waals surface area contributed by atoms with Gasteiger partial charge in [-0.2, -0.15) is 0 Å². The van der Waals surface area contributed by atoms with Crippen LogP contribution in [0.2, 0.25) is 0 Å². The zero-order valence-corrected chi connectivity index (χ0v) is 13.9. The third kappa shape index (κ3) is 4.87. The lowest BCUT2D eigenvalue weighted by atomic mass is 10.1. The van der Waals surface area contributed by atoms with E-state index in [2.05, 4.69) is 37.9 Å². The predicted octanol–water partition coefficient (Wildman–Crippen LogP) is 3.07. The van der Waals surface area contributed by atoms with Crippen molar-refractivity contribution in [1.29, 1.82) is 0 Å². The van der Waals surface area contributed by atoms with Crippen LogP contribution in [-0.2, 0) is 6.42 Å². The van der Waals surface area contributed by atoms with Crippen molar-refractivity contribution in [1.82, 2.24) is 15.1 Å². The minimum Gasteiger partial charge on any atom is -0.370 e. The molecule has 2 N–H and O–H groups in total. The van der Waals surface area contributed by atoms with E-state index < -0.39 is 0 Å². The van der Waals surface area contributed by atoms with Crippen molar-refractivity contribution in [2.45, 2.75) is 19.8 Å². The monoisotopic (exact) mass is 337 g/mol. The summed E-state index contributed by atoms with van der Waals surface area (Å²) in [5.41, 5.74) is 1.57. The Morgan fingerprint density at radius 2 is 1.96 bits per heavy atom. The summed E-state index contributed by atoms with van der Waals surface area (Å²) in [4.78, 5) is 20.3. The first kappa shape index (κ1) is 16.6. The van der Waals surface area contributed by atoms with Gasteiger partial charge in [-0.3, -0.25) is 4.79 Å². The van der Waals surface area contributed by atoms with E-state index in [-0.39, 0.29) is 11.6 Å². The molecule has 7 nitrogen and oxygen atoms in total. The number of carbonyl (C=O) groups excluding carboxylic acids is 1.